The second-order valence-electron chi connectivity index (χ2n) is 8.67. The second kappa shape index (κ2) is 11.4. The fraction of sp³-hybridized carbons (Fsp3) is 0.214. The zero-order valence-electron chi connectivity index (χ0n) is 20.5. The van der Waals surface area contributed by atoms with Gasteiger partial charge in [0, 0.05) is 17.7 Å². The Morgan fingerprint density at radius 2 is 1.78 bits per heavy atom. The zero-order valence-corrected chi connectivity index (χ0v) is 20.5. The number of hydrogen-bond acceptors (Lipinski definition) is 5. The highest BCUT2D eigenvalue weighted by atomic mass is 16.5. The van der Waals surface area contributed by atoms with Crippen molar-refractivity contribution in [3.63, 3.8) is 0 Å². The van der Waals surface area contributed by atoms with Crippen molar-refractivity contribution in [2.75, 3.05) is 18.5 Å². The number of amides is 2. The van der Waals surface area contributed by atoms with Gasteiger partial charge in [-0.3, -0.25) is 19.8 Å². The first kappa shape index (κ1) is 25.4. The van der Waals surface area contributed by atoms with E-state index >= 15 is 0 Å². The summed E-state index contributed by atoms with van der Waals surface area (Å²) >= 11 is 0. The van der Waals surface area contributed by atoms with E-state index in [-0.39, 0.29) is 31.5 Å². The Morgan fingerprint density at radius 3 is 2.57 bits per heavy atom. The number of ether oxygens (including phenoxy) is 1. The summed E-state index contributed by atoms with van der Waals surface area (Å²) in [6.45, 7) is 1.43. The number of esters is 1. The largest absolute Gasteiger partial charge is 0.463 e. The van der Waals surface area contributed by atoms with E-state index < -0.39 is 17.9 Å². The number of fused-ring (bicyclic) bond motifs is 3. The first-order valence-corrected chi connectivity index (χ1v) is 12.0. The molecule has 6 N–H and O–H groups in total. The number of carbonyl (C=O) groups is 3. The lowest BCUT2D eigenvalue weighted by Crippen LogP contribution is -2.40. The van der Waals surface area contributed by atoms with E-state index in [1.807, 2.05) is 24.3 Å². The van der Waals surface area contributed by atoms with E-state index in [9.17, 15) is 14.4 Å². The van der Waals surface area contributed by atoms with Gasteiger partial charge >= 0.3 is 5.97 Å². The Balaban J connectivity index is 1.47. The highest BCUT2D eigenvalue weighted by Crippen LogP contribution is 2.39. The molecule has 0 fully saturated rings. The molecule has 9 heteroatoms. The first-order valence-electron chi connectivity index (χ1n) is 12.0. The summed E-state index contributed by atoms with van der Waals surface area (Å²) in [5.41, 5.74) is 11.6. The van der Waals surface area contributed by atoms with Crippen LogP contribution in [0.4, 0.5) is 5.69 Å². The Hall–Kier alpha value is -4.66. The zero-order chi connectivity index (χ0) is 26.4. The molecule has 0 spiro atoms. The van der Waals surface area contributed by atoms with Crippen molar-refractivity contribution < 1.29 is 19.1 Å². The van der Waals surface area contributed by atoms with Crippen LogP contribution in [-0.2, 0) is 20.7 Å². The summed E-state index contributed by atoms with van der Waals surface area (Å²) < 4.78 is 5.41. The highest BCUT2D eigenvalue weighted by Gasteiger charge is 2.26. The molecule has 0 bridgehead atoms. The molecule has 0 aromatic heterocycles. The summed E-state index contributed by atoms with van der Waals surface area (Å²) in [4.78, 5) is 37.4. The number of nitrogens with two attached hydrogens (primary N) is 1. The molecule has 1 aliphatic rings. The monoisotopic (exact) mass is 499 g/mol. The van der Waals surface area contributed by atoms with Crippen LogP contribution in [0.3, 0.4) is 0 Å². The lowest BCUT2D eigenvalue weighted by atomic mass is 9.96. The van der Waals surface area contributed by atoms with Crippen LogP contribution in [0.25, 0.3) is 11.1 Å². The van der Waals surface area contributed by atoms with Gasteiger partial charge in [0.2, 0.25) is 5.91 Å². The summed E-state index contributed by atoms with van der Waals surface area (Å²) in [5, 5.41) is 15.5. The molecule has 3 aromatic carbocycles. The molecular formula is C28H29N5O4. The third-order valence-electron chi connectivity index (χ3n) is 6.11. The fourth-order valence-corrected chi connectivity index (χ4v) is 4.40. The molecule has 1 aliphatic carbocycles. The maximum atomic E-state index is 12.9. The number of hydrogen-bond donors (Lipinski definition) is 5. The predicted octanol–water partition coefficient (Wildman–Crippen LogP) is 3.10. The first-order chi connectivity index (χ1) is 17.9. The average Bonchev–Trinajstić information content (AvgIpc) is 3.28. The van der Waals surface area contributed by atoms with Crippen molar-refractivity contribution in [1.82, 2.24) is 10.6 Å². The van der Waals surface area contributed by atoms with Gasteiger partial charge in [0.05, 0.1) is 12.6 Å². The van der Waals surface area contributed by atoms with Gasteiger partial charge in [0.25, 0.3) is 5.91 Å². The van der Waals surface area contributed by atoms with Crippen molar-refractivity contribution >= 4 is 29.4 Å². The molecule has 1 unspecified atom stereocenters. The number of nitrogens with one attached hydrogen (secondary N) is 4. The van der Waals surface area contributed by atoms with Crippen molar-refractivity contribution in [2.24, 2.45) is 5.73 Å². The Bertz CT molecular complexity index is 1350. The van der Waals surface area contributed by atoms with Crippen LogP contribution in [0.2, 0.25) is 0 Å². The minimum atomic E-state index is -0.577. The van der Waals surface area contributed by atoms with E-state index in [0.717, 1.165) is 28.7 Å². The predicted molar refractivity (Wildman–Crippen MR) is 141 cm³/mol. The van der Waals surface area contributed by atoms with Crippen molar-refractivity contribution in [3.8, 4) is 11.1 Å². The molecule has 37 heavy (non-hydrogen) atoms. The number of guanidine groups is 1. The van der Waals surface area contributed by atoms with Crippen molar-refractivity contribution in [2.45, 2.75) is 25.8 Å². The van der Waals surface area contributed by atoms with Gasteiger partial charge in [-0.25, -0.2) is 0 Å². The van der Waals surface area contributed by atoms with Gasteiger partial charge < -0.3 is 26.4 Å². The second-order valence-corrected chi connectivity index (χ2v) is 8.67. The quantitative estimate of drug-likeness (QED) is 0.136. The average molecular weight is 500 g/mol. The molecule has 4 rings (SSSR count). The molecule has 0 saturated heterocycles. The minimum absolute atomic E-state index is 0.0160. The van der Waals surface area contributed by atoms with Crippen LogP contribution in [0.1, 0.15) is 46.4 Å². The number of rotatable bonds is 9. The SMILES string of the molecule is CCC(=O)OCC(NC(=O)CNC(=O)c1cccc(NC(=N)N)c1)c1cccc2c1Cc1ccccc1-2. The molecule has 9 nitrogen and oxygen atoms in total. The number of carbonyl (C=O) groups excluding carboxylic acids is 3. The van der Waals surface area contributed by atoms with Crippen LogP contribution in [-0.4, -0.2) is 36.9 Å². The molecule has 0 aliphatic heterocycles. The normalized spacial score (nSPS) is 12.0. The van der Waals surface area contributed by atoms with E-state index in [4.69, 9.17) is 15.9 Å². The van der Waals surface area contributed by atoms with Crippen LogP contribution >= 0.6 is 0 Å². The standard InChI is InChI=1S/C28H29N5O4/c1-2-26(35)37-16-24(22-12-6-11-21-20-10-4-3-7-17(20)14-23(21)22)33-25(34)15-31-27(36)18-8-5-9-19(13-18)32-28(29)30/h3-13,24H,2,14-16H2,1H3,(H,31,36)(H,33,34)(H4,29,30,32). The molecule has 0 saturated carbocycles. The van der Waals surface area contributed by atoms with Crippen LogP contribution in [0.15, 0.2) is 66.7 Å². The third kappa shape index (κ3) is 6.13. The molecule has 3 aromatic rings. The fourth-order valence-electron chi connectivity index (χ4n) is 4.40. The third-order valence-corrected chi connectivity index (χ3v) is 6.11. The van der Waals surface area contributed by atoms with E-state index in [2.05, 4.69) is 34.1 Å². The molecule has 0 radical (unpaired) electrons. The number of anilines is 1. The lowest BCUT2D eigenvalue weighted by molar-refractivity contribution is -0.144. The van der Waals surface area contributed by atoms with E-state index in [1.54, 1.807) is 25.1 Å². The molecule has 0 heterocycles. The van der Waals surface area contributed by atoms with Gasteiger partial charge in [0.1, 0.15) is 6.61 Å². The van der Waals surface area contributed by atoms with Gasteiger partial charge in [-0.15, -0.1) is 0 Å². The smallest absolute Gasteiger partial charge is 0.305 e. The van der Waals surface area contributed by atoms with Gasteiger partial charge in [-0.05, 0) is 52.4 Å². The van der Waals surface area contributed by atoms with E-state index in [1.165, 1.54) is 11.6 Å². The van der Waals surface area contributed by atoms with Gasteiger partial charge in [0.15, 0.2) is 5.96 Å². The molecule has 190 valence electrons. The van der Waals surface area contributed by atoms with Crippen LogP contribution in [0, 0.1) is 5.41 Å². The highest BCUT2D eigenvalue weighted by molar-refractivity contribution is 5.98. The Kier molecular flexibility index (Phi) is 7.83. The molecule has 2 amide bonds. The van der Waals surface area contributed by atoms with Gasteiger partial charge in [-0.2, -0.15) is 0 Å². The summed E-state index contributed by atoms with van der Waals surface area (Å²) in [5.74, 6) is -1.48. The summed E-state index contributed by atoms with van der Waals surface area (Å²) in [6, 6.07) is 19.9. The summed E-state index contributed by atoms with van der Waals surface area (Å²) in [7, 11) is 0. The van der Waals surface area contributed by atoms with E-state index in [0.29, 0.717) is 11.3 Å². The van der Waals surface area contributed by atoms with Crippen LogP contribution < -0.4 is 21.7 Å². The topological polar surface area (TPSA) is 146 Å². The maximum Gasteiger partial charge on any atom is 0.305 e. The maximum absolute atomic E-state index is 12.9. The minimum Gasteiger partial charge on any atom is -0.463 e. The summed E-state index contributed by atoms with van der Waals surface area (Å²) in [6.07, 6.45) is 0.948. The molecular weight excluding hydrogens is 470 g/mol. The van der Waals surface area contributed by atoms with Crippen molar-refractivity contribution in [1.29, 1.82) is 5.41 Å². The van der Waals surface area contributed by atoms with Crippen LogP contribution in [0.5, 0.6) is 0 Å². The Morgan fingerprint density at radius 1 is 1.03 bits per heavy atom. The molecule has 1 atom stereocenters. The number of benzene rings is 3. The lowest BCUT2D eigenvalue weighted by Gasteiger charge is -2.22. The van der Waals surface area contributed by atoms with Crippen molar-refractivity contribution in [3.05, 3.63) is 89.0 Å². The Labute approximate surface area is 214 Å². The van der Waals surface area contributed by atoms with Gasteiger partial charge in [-0.1, -0.05) is 55.5 Å².